The summed E-state index contributed by atoms with van der Waals surface area (Å²) in [4.78, 5) is 0. The first kappa shape index (κ1) is 16.6. The Bertz CT molecular complexity index is 219. The Balaban J connectivity index is 0. The summed E-state index contributed by atoms with van der Waals surface area (Å²) >= 11 is 0. The van der Waals surface area contributed by atoms with E-state index in [-0.39, 0.29) is 46.1 Å². The van der Waals surface area contributed by atoms with Gasteiger partial charge in [-0.3, -0.25) is 0 Å². The Labute approximate surface area is 112 Å². The topological polar surface area (TPSA) is 18.5 Å². The van der Waals surface area contributed by atoms with E-state index in [2.05, 4.69) is 6.07 Å². The van der Waals surface area contributed by atoms with Crippen molar-refractivity contribution in [2.75, 3.05) is 13.7 Å². The van der Waals surface area contributed by atoms with Crippen molar-refractivity contribution in [1.82, 2.24) is 0 Å². The normalized spacial score (nSPS) is 10.7. The van der Waals surface area contributed by atoms with Crippen LogP contribution in [-0.2, 0) is 4.74 Å². The molecule has 1 atom stereocenters. The van der Waals surface area contributed by atoms with Crippen molar-refractivity contribution >= 4 is 23.1 Å². The Morgan fingerprint density at radius 2 is 2.14 bits per heavy atom. The van der Waals surface area contributed by atoms with Crippen molar-refractivity contribution in [3.63, 3.8) is 0 Å². The molecule has 1 rings (SSSR count). The maximum atomic E-state index is 5.38. The molecular formula is C10H13BrMgO2. The van der Waals surface area contributed by atoms with Crippen LogP contribution in [0.5, 0.6) is 5.75 Å². The van der Waals surface area contributed by atoms with Crippen LogP contribution >= 0.6 is 0 Å². The molecule has 0 aromatic heterocycles. The van der Waals surface area contributed by atoms with Crippen LogP contribution in [0.4, 0.5) is 0 Å². The third-order valence-corrected chi connectivity index (χ3v) is 1.56. The van der Waals surface area contributed by atoms with Crippen molar-refractivity contribution in [3.8, 4) is 5.75 Å². The number of para-hydroxylation sites is 1. The fourth-order valence-corrected chi connectivity index (χ4v) is 0.742. The zero-order valence-electron chi connectivity index (χ0n) is 8.50. The zero-order chi connectivity index (χ0) is 8.81. The number of hydrogen-bond donors (Lipinski definition) is 0. The van der Waals surface area contributed by atoms with Crippen LogP contribution in [0.3, 0.4) is 0 Å². The Hall–Kier alpha value is 0.226. The molecule has 0 aliphatic rings. The van der Waals surface area contributed by atoms with E-state index in [9.17, 15) is 0 Å². The van der Waals surface area contributed by atoms with Gasteiger partial charge in [-0.05, 0) is 6.92 Å². The molecule has 0 aliphatic carbocycles. The molecule has 0 radical (unpaired) electrons. The molecule has 1 aromatic carbocycles. The maximum absolute atomic E-state index is 5.38. The smallest absolute Gasteiger partial charge is 1.00 e. The van der Waals surface area contributed by atoms with Crippen molar-refractivity contribution in [2.24, 2.45) is 0 Å². The number of methoxy groups -OCH3 is 1. The van der Waals surface area contributed by atoms with E-state index in [0.717, 1.165) is 5.75 Å². The van der Waals surface area contributed by atoms with Crippen molar-refractivity contribution in [3.05, 3.63) is 30.3 Å². The van der Waals surface area contributed by atoms with Gasteiger partial charge < -0.3 is 26.5 Å². The molecule has 0 amide bonds. The molecule has 0 fully saturated rings. The third-order valence-electron chi connectivity index (χ3n) is 1.56. The second kappa shape index (κ2) is 9.77. The molecule has 2 nitrogen and oxygen atoms in total. The van der Waals surface area contributed by atoms with Crippen LogP contribution in [0.2, 0.25) is 0 Å². The summed E-state index contributed by atoms with van der Waals surface area (Å²) in [5.74, 6) is 0.765. The van der Waals surface area contributed by atoms with Gasteiger partial charge in [-0.25, -0.2) is 0 Å². The zero-order valence-corrected chi connectivity index (χ0v) is 11.5. The van der Waals surface area contributed by atoms with Gasteiger partial charge in [0.25, 0.3) is 0 Å². The quantitative estimate of drug-likeness (QED) is 0.490. The summed E-state index contributed by atoms with van der Waals surface area (Å²) in [5.41, 5.74) is 0. The number of benzene rings is 1. The molecule has 0 aliphatic heterocycles. The average molecular weight is 269 g/mol. The molecule has 14 heavy (non-hydrogen) atoms. The molecule has 0 saturated heterocycles. The predicted octanol–water partition coefficient (Wildman–Crippen LogP) is -1.48. The summed E-state index contributed by atoms with van der Waals surface area (Å²) < 4.78 is 10.4. The second-order valence-corrected chi connectivity index (χ2v) is 2.58. The number of rotatable bonds is 4. The van der Waals surface area contributed by atoms with Crippen molar-refractivity contribution < 1.29 is 26.5 Å². The SMILES string of the molecule is CO[C@H](C)COc1[c-]cccc1.[Br-].[Mg+2]. The third kappa shape index (κ3) is 6.65. The minimum absolute atomic E-state index is 0. The number of hydrogen-bond acceptors (Lipinski definition) is 2. The second-order valence-electron chi connectivity index (χ2n) is 2.58. The fourth-order valence-electron chi connectivity index (χ4n) is 0.742. The Morgan fingerprint density at radius 3 is 2.64 bits per heavy atom. The van der Waals surface area contributed by atoms with E-state index in [1.165, 1.54) is 0 Å². The van der Waals surface area contributed by atoms with Crippen molar-refractivity contribution in [1.29, 1.82) is 0 Å². The van der Waals surface area contributed by atoms with Gasteiger partial charge in [0.15, 0.2) is 0 Å². The van der Waals surface area contributed by atoms with Crippen LogP contribution < -0.4 is 21.7 Å². The summed E-state index contributed by atoms with van der Waals surface area (Å²) in [6.45, 7) is 2.53. The van der Waals surface area contributed by atoms with Gasteiger partial charge in [-0.2, -0.15) is 18.2 Å². The van der Waals surface area contributed by atoms with E-state index in [0.29, 0.717) is 6.61 Å². The molecule has 0 bridgehead atoms. The summed E-state index contributed by atoms with van der Waals surface area (Å²) in [7, 11) is 1.67. The average Bonchev–Trinajstić information content (AvgIpc) is 2.16. The first-order valence-electron chi connectivity index (χ1n) is 3.95. The predicted molar refractivity (Wildman–Crippen MR) is 53.0 cm³/mol. The first-order valence-corrected chi connectivity index (χ1v) is 3.95. The van der Waals surface area contributed by atoms with Gasteiger partial charge in [0, 0.05) is 12.9 Å². The van der Waals surface area contributed by atoms with E-state index in [1.54, 1.807) is 7.11 Å². The van der Waals surface area contributed by atoms with Crippen LogP contribution in [-0.4, -0.2) is 42.9 Å². The fraction of sp³-hybridized carbons (Fsp3) is 0.400. The van der Waals surface area contributed by atoms with Crippen LogP contribution in [0.15, 0.2) is 24.3 Å². The van der Waals surface area contributed by atoms with Crippen LogP contribution in [0.1, 0.15) is 6.92 Å². The summed E-state index contributed by atoms with van der Waals surface area (Å²) in [5, 5.41) is 0. The first-order chi connectivity index (χ1) is 5.83. The monoisotopic (exact) mass is 268 g/mol. The molecule has 74 valence electrons. The molecular weight excluding hydrogens is 256 g/mol. The molecule has 0 saturated carbocycles. The Morgan fingerprint density at radius 1 is 1.43 bits per heavy atom. The molecule has 4 heteroatoms. The minimum atomic E-state index is 0. The maximum Gasteiger partial charge on any atom is 2.00 e. The van der Waals surface area contributed by atoms with Gasteiger partial charge in [0.1, 0.15) is 6.61 Å². The van der Waals surface area contributed by atoms with E-state index in [4.69, 9.17) is 9.47 Å². The van der Waals surface area contributed by atoms with Gasteiger partial charge in [-0.15, -0.1) is 12.1 Å². The minimum Gasteiger partial charge on any atom is -1.00 e. The van der Waals surface area contributed by atoms with Gasteiger partial charge in [0.05, 0.1) is 6.10 Å². The Kier molecular flexibility index (Phi) is 11.6. The summed E-state index contributed by atoms with van der Waals surface area (Å²) in [6, 6.07) is 10.5. The van der Waals surface area contributed by atoms with E-state index < -0.39 is 0 Å². The van der Waals surface area contributed by atoms with E-state index >= 15 is 0 Å². The molecule has 0 unspecified atom stereocenters. The molecule has 1 aromatic rings. The standard InChI is InChI=1S/C10H13O2.BrH.Mg/c1-9(11-2)8-12-10-6-4-3-5-7-10;;/h3-6,9H,8H2,1-2H3;1H;/q-1;;+2/p-1/t9-;;/m1../s1. The van der Waals surface area contributed by atoms with Crippen LogP contribution in [0, 0.1) is 6.07 Å². The largest absolute Gasteiger partial charge is 2.00 e. The molecule has 0 heterocycles. The number of ether oxygens (including phenoxy) is 2. The van der Waals surface area contributed by atoms with Gasteiger partial charge in [-0.1, -0.05) is 0 Å². The van der Waals surface area contributed by atoms with E-state index in [1.807, 2.05) is 31.2 Å². The number of halogens is 1. The summed E-state index contributed by atoms with van der Waals surface area (Å²) in [6.07, 6.45) is 0.124. The van der Waals surface area contributed by atoms with Crippen LogP contribution in [0.25, 0.3) is 0 Å². The molecule has 0 spiro atoms. The molecule has 0 N–H and O–H groups in total. The van der Waals surface area contributed by atoms with Gasteiger partial charge >= 0.3 is 23.1 Å². The van der Waals surface area contributed by atoms with Crippen molar-refractivity contribution in [2.45, 2.75) is 13.0 Å². The van der Waals surface area contributed by atoms with Gasteiger partial charge in [0.2, 0.25) is 0 Å².